The van der Waals surface area contributed by atoms with Gasteiger partial charge in [0.15, 0.2) is 5.11 Å². The van der Waals surface area contributed by atoms with E-state index in [1.165, 1.54) is 10.6 Å². The molecule has 5 N–H and O–H groups in total. The van der Waals surface area contributed by atoms with E-state index in [1.54, 1.807) is 0 Å². The van der Waals surface area contributed by atoms with Crippen molar-refractivity contribution in [2.24, 2.45) is 11.6 Å². The topological polar surface area (TPSA) is 67.3 Å². The number of nitrogens with one attached hydrogen (secondary N) is 1. The SMILES string of the molecule is Cc1ccc(N(NN)C(N)=S)cc1. The Morgan fingerprint density at radius 1 is 1.38 bits per heavy atom. The van der Waals surface area contributed by atoms with Gasteiger partial charge >= 0.3 is 0 Å². The van der Waals surface area contributed by atoms with Crippen LogP contribution in [0.3, 0.4) is 0 Å². The second kappa shape index (κ2) is 4.18. The molecule has 0 aliphatic heterocycles. The number of thiocarbonyl (C=S) groups is 1. The van der Waals surface area contributed by atoms with E-state index in [-0.39, 0.29) is 5.11 Å². The van der Waals surface area contributed by atoms with Gasteiger partial charge in [-0.1, -0.05) is 17.7 Å². The van der Waals surface area contributed by atoms with E-state index in [0.717, 1.165) is 5.69 Å². The molecule has 0 fully saturated rings. The quantitative estimate of drug-likeness (QED) is 0.363. The van der Waals surface area contributed by atoms with Crippen LogP contribution in [-0.2, 0) is 0 Å². The fourth-order valence-electron chi connectivity index (χ4n) is 0.959. The first-order valence-electron chi connectivity index (χ1n) is 3.77. The van der Waals surface area contributed by atoms with Gasteiger partial charge in [-0.2, -0.15) is 5.53 Å². The average Bonchev–Trinajstić information content (AvgIpc) is 2.09. The van der Waals surface area contributed by atoms with Crippen LogP contribution in [0.2, 0.25) is 0 Å². The van der Waals surface area contributed by atoms with Crippen LogP contribution in [0.15, 0.2) is 24.3 Å². The Kier molecular flexibility index (Phi) is 3.18. The minimum Gasteiger partial charge on any atom is -0.375 e. The second-order valence-electron chi connectivity index (χ2n) is 2.64. The highest BCUT2D eigenvalue weighted by molar-refractivity contribution is 7.80. The molecule has 0 saturated heterocycles. The number of hydrazine groups is 2. The van der Waals surface area contributed by atoms with Gasteiger partial charge in [0, 0.05) is 0 Å². The molecule has 70 valence electrons. The van der Waals surface area contributed by atoms with Crippen molar-refractivity contribution in [1.29, 1.82) is 0 Å². The minimum absolute atomic E-state index is 0.186. The molecule has 0 heterocycles. The van der Waals surface area contributed by atoms with Crippen LogP contribution >= 0.6 is 12.2 Å². The number of nitrogens with zero attached hydrogens (tertiary/aromatic N) is 1. The van der Waals surface area contributed by atoms with Crippen LogP contribution in [0, 0.1) is 6.92 Å². The molecule has 1 aromatic carbocycles. The lowest BCUT2D eigenvalue weighted by Gasteiger charge is -2.20. The van der Waals surface area contributed by atoms with E-state index in [1.807, 2.05) is 31.2 Å². The van der Waals surface area contributed by atoms with Gasteiger partial charge in [-0.05, 0) is 31.3 Å². The second-order valence-corrected chi connectivity index (χ2v) is 3.06. The maximum absolute atomic E-state index is 5.43. The Bertz CT molecular complexity index is 296. The Balaban J connectivity index is 2.92. The van der Waals surface area contributed by atoms with Gasteiger partial charge in [-0.15, -0.1) is 0 Å². The Labute approximate surface area is 82.4 Å². The van der Waals surface area contributed by atoms with Crippen molar-refractivity contribution >= 4 is 23.0 Å². The summed E-state index contributed by atoms with van der Waals surface area (Å²) in [7, 11) is 0. The van der Waals surface area contributed by atoms with Gasteiger partial charge in [-0.25, -0.2) is 5.01 Å². The number of nitrogens with two attached hydrogens (primary N) is 2. The van der Waals surface area contributed by atoms with Gasteiger partial charge in [0.05, 0.1) is 5.69 Å². The monoisotopic (exact) mass is 196 g/mol. The van der Waals surface area contributed by atoms with Gasteiger partial charge < -0.3 is 5.73 Å². The van der Waals surface area contributed by atoms with Crippen LogP contribution in [0.25, 0.3) is 0 Å². The number of aryl methyl sites for hydroxylation is 1. The zero-order chi connectivity index (χ0) is 9.84. The molecule has 0 unspecified atom stereocenters. The molecule has 0 amide bonds. The zero-order valence-corrected chi connectivity index (χ0v) is 8.14. The third-order valence-corrected chi connectivity index (χ3v) is 1.82. The van der Waals surface area contributed by atoms with E-state index in [9.17, 15) is 0 Å². The summed E-state index contributed by atoms with van der Waals surface area (Å²) in [5.74, 6) is 5.25. The van der Waals surface area contributed by atoms with E-state index >= 15 is 0 Å². The average molecular weight is 196 g/mol. The van der Waals surface area contributed by atoms with Crippen LogP contribution < -0.4 is 22.1 Å². The molecular weight excluding hydrogens is 184 g/mol. The Hall–Kier alpha value is -1.17. The molecule has 1 aromatic rings. The molecule has 13 heavy (non-hydrogen) atoms. The molecule has 0 aromatic heterocycles. The number of anilines is 1. The third-order valence-electron chi connectivity index (χ3n) is 1.64. The van der Waals surface area contributed by atoms with Gasteiger partial charge in [0.25, 0.3) is 0 Å². The summed E-state index contributed by atoms with van der Waals surface area (Å²) in [6, 6.07) is 7.68. The minimum atomic E-state index is 0.186. The summed E-state index contributed by atoms with van der Waals surface area (Å²) in [6.07, 6.45) is 0. The number of hydrogen-bond donors (Lipinski definition) is 3. The molecule has 0 saturated carbocycles. The smallest absolute Gasteiger partial charge is 0.186 e. The van der Waals surface area contributed by atoms with Crippen molar-refractivity contribution < 1.29 is 0 Å². The first-order chi connectivity index (χ1) is 6.15. The fraction of sp³-hybridized carbons (Fsp3) is 0.125. The summed E-state index contributed by atoms with van der Waals surface area (Å²) >= 11 is 4.79. The van der Waals surface area contributed by atoms with Gasteiger partial charge in [-0.3, -0.25) is 5.84 Å². The van der Waals surface area contributed by atoms with E-state index in [4.69, 9.17) is 23.8 Å². The van der Waals surface area contributed by atoms with E-state index in [2.05, 4.69) is 5.53 Å². The van der Waals surface area contributed by atoms with Crippen LogP contribution in [0.4, 0.5) is 5.69 Å². The van der Waals surface area contributed by atoms with Crippen molar-refractivity contribution in [3.8, 4) is 0 Å². The zero-order valence-electron chi connectivity index (χ0n) is 7.32. The molecule has 4 nitrogen and oxygen atoms in total. The van der Waals surface area contributed by atoms with E-state index < -0.39 is 0 Å². The predicted octanol–water partition coefficient (Wildman–Crippen LogP) is 0.423. The highest BCUT2D eigenvalue weighted by Crippen LogP contribution is 2.12. The Morgan fingerprint density at radius 3 is 2.31 bits per heavy atom. The van der Waals surface area contributed by atoms with Gasteiger partial charge in [0.2, 0.25) is 0 Å². The lowest BCUT2D eigenvalue weighted by molar-refractivity contribution is 0.778. The molecule has 1 rings (SSSR count). The molecule has 0 atom stereocenters. The lowest BCUT2D eigenvalue weighted by Crippen LogP contribution is -2.49. The largest absolute Gasteiger partial charge is 0.375 e. The van der Waals surface area contributed by atoms with Crippen molar-refractivity contribution in [3.05, 3.63) is 29.8 Å². The standard InChI is InChI=1S/C8H12N4S/c1-6-2-4-7(5-3-6)12(11-10)8(9)13/h2-5,11H,10H2,1H3,(H2,9,13). The first kappa shape index (κ1) is 9.91. The maximum Gasteiger partial charge on any atom is 0.186 e. The molecule has 5 heteroatoms. The molecule has 0 aliphatic rings. The number of benzene rings is 1. The fourth-order valence-corrected chi connectivity index (χ4v) is 1.12. The highest BCUT2D eigenvalue weighted by Gasteiger charge is 2.05. The highest BCUT2D eigenvalue weighted by atomic mass is 32.1. The maximum atomic E-state index is 5.43. The summed E-state index contributed by atoms with van der Waals surface area (Å²) in [6.45, 7) is 2.00. The molecule has 0 aliphatic carbocycles. The Morgan fingerprint density at radius 2 is 1.92 bits per heavy atom. The third kappa shape index (κ3) is 2.38. The summed E-state index contributed by atoms with van der Waals surface area (Å²) < 4.78 is 0. The van der Waals surface area contributed by atoms with Crippen LogP contribution in [0.1, 0.15) is 5.56 Å². The lowest BCUT2D eigenvalue weighted by atomic mass is 10.2. The van der Waals surface area contributed by atoms with E-state index in [0.29, 0.717) is 0 Å². The van der Waals surface area contributed by atoms with Crippen molar-refractivity contribution in [2.45, 2.75) is 6.92 Å². The van der Waals surface area contributed by atoms with Crippen molar-refractivity contribution in [1.82, 2.24) is 5.53 Å². The predicted molar refractivity (Wildman–Crippen MR) is 57.8 cm³/mol. The molecule has 0 bridgehead atoms. The van der Waals surface area contributed by atoms with Crippen molar-refractivity contribution in [2.75, 3.05) is 5.01 Å². The summed E-state index contributed by atoms with van der Waals surface area (Å²) in [5.41, 5.74) is 9.83. The van der Waals surface area contributed by atoms with Crippen LogP contribution in [0.5, 0.6) is 0 Å². The van der Waals surface area contributed by atoms with Gasteiger partial charge in [0.1, 0.15) is 0 Å². The summed E-state index contributed by atoms with van der Waals surface area (Å²) in [5, 5.41) is 1.61. The number of rotatable bonds is 2. The van der Waals surface area contributed by atoms with Crippen LogP contribution in [-0.4, -0.2) is 5.11 Å². The first-order valence-corrected chi connectivity index (χ1v) is 4.18. The normalized spacial score (nSPS) is 9.69. The molecule has 0 spiro atoms. The summed E-state index contributed by atoms with van der Waals surface area (Å²) in [4.78, 5) is 0. The molecule has 0 radical (unpaired) electrons. The number of hydrogen-bond acceptors (Lipinski definition) is 3. The van der Waals surface area contributed by atoms with Crippen molar-refractivity contribution in [3.63, 3.8) is 0 Å². The molecular formula is C8H12N4S.